The number of guanidine groups is 1. The molecule has 1 aromatic carbocycles. The van der Waals surface area contributed by atoms with Gasteiger partial charge in [-0.15, -0.1) is 0 Å². The van der Waals surface area contributed by atoms with Gasteiger partial charge in [0.15, 0.2) is 12.2 Å². The second-order valence-electron chi connectivity index (χ2n) is 7.54. The van der Waals surface area contributed by atoms with E-state index in [1.54, 1.807) is 7.05 Å². The molecule has 0 aliphatic carbocycles. The number of nitrogens with zero attached hydrogens (tertiary/aromatic N) is 5. The Labute approximate surface area is 175 Å². The number of esters is 1. The van der Waals surface area contributed by atoms with Gasteiger partial charge in [-0.3, -0.25) is 19.4 Å². The van der Waals surface area contributed by atoms with Gasteiger partial charge in [0.25, 0.3) is 5.91 Å². The summed E-state index contributed by atoms with van der Waals surface area (Å²) in [6.07, 6.45) is -0.617. The molecule has 1 saturated heterocycles. The molecule has 0 bridgehead atoms. The molecule has 158 valence electrons. The number of aliphatic imine (C=N–C) groups is 1. The molecule has 1 aromatic rings. The molecule has 9 heteroatoms. The molecule has 0 spiro atoms. The van der Waals surface area contributed by atoms with Crippen LogP contribution in [0.4, 0.5) is 4.79 Å². The zero-order valence-corrected chi connectivity index (χ0v) is 17.5. The minimum Gasteiger partial charge on any atom is -0.459 e. The number of likely N-dealkylation sites (N-methyl/N-ethyl adjacent to an activating group) is 1. The number of fused-ring (bicyclic) bond motifs is 3. The summed E-state index contributed by atoms with van der Waals surface area (Å²) in [4.78, 5) is 49.4. The smallest absolute Gasteiger partial charge is 0.328 e. The van der Waals surface area contributed by atoms with E-state index in [1.807, 2.05) is 60.9 Å². The number of allylic oxidation sites excluding steroid dienone is 2. The molecule has 3 heterocycles. The molecule has 4 rings (SSSR count). The summed E-state index contributed by atoms with van der Waals surface area (Å²) >= 11 is 0. The molecular weight excluding hydrogens is 386 g/mol. The lowest BCUT2D eigenvalue weighted by Gasteiger charge is -2.40. The Morgan fingerprint density at radius 1 is 1.10 bits per heavy atom. The van der Waals surface area contributed by atoms with E-state index in [-0.39, 0.29) is 6.61 Å². The highest BCUT2D eigenvalue weighted by molar-refractivity contribution is 6.06. The van der Waals surface area contributed by atoms with E-state index in [0.29, 0.717) is 12.5 Å². The first-order chi connectivity index (χ1) is 14.3. The van der Waals surface area contributed by atoms with Crippen LogP contribution in [0.5, 0.6) is 0 Å². The van der Waals surface area contributed by atoms with Gasteiger partial charge in [0.1, 0.15) is 13.2 Å². The molecule has 0 aromatic heterocycles. The largest absolute Gasteiger partial charge is 0.459 e. The van der Waals surface area contributed by atoms with Gasteiger partial charge >= 0.3 is 12.0 Å². The van der Waals surface area contributed by atoms with E-state index in [4.69, 9.17) is 4.74 Å². The Morgan fingerprint density at radius 2 is 1.80 bits per heavy atom. The molecular formula is C21H25N5O4. The van der Waals surface area contributed by atoms with Crippen LogP contribution in [0.2, 0.25) is 0 Å². The normalized spacial score (nSPS) is 23.1. The first-order valence-electron chi connectivity index (χ1n) is 9.95. The van der Waals surface area contributed by atoms with Crippen molar-refractivity contribution in [2.45, 2.75) is 39.6 Å². The van der Waals surface area contributed by atoms with Crippen LogP contribution >= 0.6 is 0 Å². The first kappa shape index (κ1) is 19.9. The van der Waals surface area contributed by atoms with Crippen LogP contribution in [0, 0.1) is 0 Å². The van der Waals surface area contributed by atoms with E-state index in [9.17, 15) is 14.4 Å². The predicted molar refractivity (Wildman–Crippen MR) is 109 cm³/mol. The van der Waals surface area contributed by atoms with E-state index >= 15 is 0 Å². The van der Waals surface area contributed by atoms with Crippen LogP contribution in [-0.2, 0) is 20.9 Å². The van der Waals surface area contributed by atoms with Crippen LogP contribution in [0.15, 0.2) is 46.7 Å². The van der Waals surface area contributed by atoms with Gasteiger partial charge in [0, 0.05) is 25.0 Å². The second-order valence-corrected chi connectivity index (χ2v) is 7.54. The number of imide groups is 1. The summed E-state index contributed by atoms with van der Waals surface area (Å²) in [6.45, 7) is 6.29. The quantitative estimate of drug-likeness (QED) is 0.684. The molecule has 9 nitrogen and oxygen atoms in total. The van der Waals surface area contributed by atoms with Crippen molar-refractivity contribution in [3.8, 4) is 0 Å². The first-order valence-corrected chi connectivity index (χ1v) is 9.95. The molecule has 0 radical (unpaired) electrons. The maximum atomic E-state index is 13.3. The zero-order valence-electron chi connectivity index (χ0n) is 17.5. The fraction of sp³-hybridized carbons (Fsp3) is 0.429. The van der Waals surface area contributed by atoms with E-state index in [1.165, 1.54) is 4.90 Å². The van der Waals surface area contributed by atoms with Crippen molar-refractivity contribution in [3.63, 3.8) is 0 Å². The maximum absolute atomic E-state index is 13.3. The van der Waals surface area contributed by atoms with Gasteiger partial charge in [0.05, 0.1) is 0 Å². The van der Waals surface area contributed by atoms with Crippen LogP contribution in [0.25, 0.3) is 0 Å². The lowest BCUT2D eigenvalue weighted by molar-refractivity contribution is -0.151. The summed E-state index contributed by atoms with van der Waals surface area (Å²) in [5.41, 5.74) is 2.78. The summed E-state index contributed by atoms with van der Waals surface area (Å²) < 4.78 is 5.27. The minimum atomic E-state index is -0.684. The van der Waals surface area contributed by atoms with Gasteiger partial charge < -0.3 is 14.5 Å². The van der Waals surface area contributed by atoms with Crippen LogP contribution in [0.3, 0.4) is 0 Å². The van der Waals surface area contributed by atoms with Crippen molar-refractivity contribution in [2.75, 3.05) is 20.1 Å². The van der Waals surface area contributed by atoms with Crippen molar-refractivity contribution in [1.29, 1.82) is 0 Å². The fourth-order valence-electron chi connectivity index (χ4n) is 4.12. The monoisotopic (exact) mass is 411 g/mol. The number of ether oxygens (including phenoxy) is 1. The molecule has 30 heavy (non-hydrogen) atoms. The Kier molecular flexibility index (Phi) is 4.97. The van der Waals surface area contributed by atoms with Crippen molar-refractivity contribution < 1.29 is 19.1 Å². The third kappa shape index (κ3) is 3.01. The van der Waals surface area contributed by atoms with E-state index in [0.717, 1.165) is 21.9 Å². The van der Waals surface area contributed by atoms with Crippen molar-refractivity contribution in [2.24, 2.45) is 4.99 Å². The Hall–Kier alpha value is -3.36. The van der Waals surface area contributed by atoms with Crippen LogP contribution < -0.4 is 0 Å². The van der Waals surface area contributed by atoms with Gasteiger partial charge in [-0.1, -0.05) is 30.3 Å². The van der Waals surface area contributed by atoms with Crippen LogP contribution in [-0.4, -0.2) is 75.8 Å². The minimum absolute atomic E-state index is 0.0870. The number of hydrogen-bond acceptors (Lipinski definition) is 7. The highest BCUT2D eigenvalue weighted by atomic mass is 16.5. The number of rotatable bonds is 5. The third-order valence-electron chi connectivity index (χ3n) is 5.85. The molecule has 2 unspecified atom stereocenters. The highest BCUT2D eigenvalue weighted by Crippen LogP contribution is 2.37. The topological polar surface area (TPSA) is 85.8 Å². The molecule has 0 N–H and O–H groups in total. The number of benzene rings is 1. The van der Waals surface area contributed by atoms with Crippen molar-refractivity contribution in [3.05, 3.63) is 47.3 Å². The average Bonchev–Trinajstić information content (AvgIpc) is 3.24. The highest BCUT2D eigenvalue weighted by Gasteiger charge is 2.55. The maximum Gasteiger partial charge on any atom is 0.328 e. The second kappa shape index (κ2) is 7.47. The van der Waals surface area contributed by atoms with E-state index < -0.39 is 36.7 Å². The molecule has 3 aliphatic rings. The van der Waals surface area contributed by atoms with E-state index in [2.05, 4.69) is 4.99 Å². The van der Waals surface area contributed by atoms with Gasteiger partial charge in [-0.2, -0.15) is 0 Å². The summed E-state index contributed by atoms with van der Waals surface area (Å²) in [6, 6.07) is 8.01. The lowest BCUT2D eigenvalue weighted by atomic mass is 10.1. The standard InChI is InChI=1S/C21H25N5O4/c1-5-24-13(2)14(3)26-17-18(22-20(24)26)23(4)21(29)25(19(17)28)11-16(27)30-12-15-9-7-6-8-10-15/h6-10,17-18H,5,11-12H2,1-4H3. The van der Waals surface area contributed by atoms with Gasteiger partial charge in [0.2, 0.25) is 5.96 Å². The Morgan fingerprint density at radius 3 is 2.47 bits per heavy atom. The molecule has 0 saturated carbocycles. The number of carbonyl (C=O) groups is 3. The van der Waals surface area contributed by atoms with Crippen LogP contribution in [0.1, 0.15) is 26.3 Å². The summed E-state index contributed by atoms with van der Waals surface area (Å²) in [5.74, 6) is -0.404. The molecule has 3 aliphatic heterocycles. The number of urea groups is 1. The zero-order chi connectivity index (χ0) is 21.6. The number of amides is 3. The average molecular weight is 411 g/mol. The molecule has 2 atom stereocenters. The fourth-order valence-corrected chi connectivity index (χ4v) is 4.12. The lowest BCUT2D eigenvalue weighted by Crippen LogP contribution is -2.65. The van der Waals surface area contributed by atoms with Gasteiger partial charge in [-0.05, 0) is 26.3 Å². The Balaban J connectivity index is 1.51. The predicted octanol–water partition coefficient (Wildman–Crippen LogP) is 1.58. The summed E-state index contributed by atoms with van der Waals surface area (Å²) in [7, 11) is 1.60. The molecule has 1 fully saturated rings. The van der Waals surface area contributed by atoms with Gasteiger partial charge in [-0.25, -0.2) is 9.79 Å². The number of carbonyl (C=O) groups excluding carboxylic acids is 3. The summed E-state index contributed by atoms with van der Waals surface area (Å²) in [5, 5.41) is 0. The van der Waals surface area contributed by atoms with Crippen molar-refractivity contribution in [1.82, 2.24) is 19.6 Å². The molecule has 3 amide bonds. The SMILES string of the molecule is CCN1C2=NC3C(C(=O)N(CC(=O)OCc4ccccc4)C(=O)N3C)N2C(C)=C1C. The Bertz CT molecular complexity index is 957. The third-order valence-corrected chi connectivity index (χ3v) is 5.85. The number of hydrogen-bond donors (Lipinski definition) is 0. The van der Waals surface area contributed by atoms with Crippen molar-refractivity contribution >= 4 is 23.9 Å².